The summed E-state index contributed by atoms with van der Waals surface area (Å²) >= 11 is 0. The van der Waals surface area contributed by atoms with E-state index in [4.69, 9.17) is 5.73 Å². The summed E-state index contributed by atoms with van der Waals surface area (Å²) in [5.41, 5.74) is 10.7. The maximum absolute atomic E-state index is 11.7. The van der Waals surface area contributed by atoms with Crippen LogP contribution in [0.3, 0.4) is 0 Å². The largest absolute Gasteiger partial charge is 0.383 e. The summed E-state index contributed by atoms with van der Waals surface area (Å²) in [6, 6.07) is -0.170. The van der Waals surface area contributed by atoms with Gasteiger partial charge in [-0.25, -0.2) is 19.9 Å². The van der Waals surface area contributed by atoms with E-state index >= 15 is 0 Å². The van der Waals surface area contributed by atoms with Crippen molar-refractivity contribution in [3.63, 3.8) is 0 Å². The number of allylic oxidation sites excluding steroid dienone is 1. The standard InChI is InChI=1S/C19H19N7O/c1-4-14(27)25-13-5-10(2)17-15(12-6-21-11(3)22-7-12)16-18(20)23-9-24-19(16)26(17)8-13/h4-7,9,13H,1,8H2,2-3H3,(H,25,27)(H2,20,23,24)/t13-/m0/s1. The van der Waals surface area contributed by atoms with E-state index in [0.29, 0.717) is 18.2 Å². The number of aryl methyl sites for hydroxylation is 1. The zero-order chi connectivity index (χ0) is 19.1. The zero-order valence-corrected chi connectivity index (χ0v) is 15.1. The molecule has 1 atom stereocenters. The van der Waals surface area contributed by atoms with E-state index in [1.54, 1.807) is 12.4 Å². The molecular weight excluding hydrogens is 342 g/mol. The molecule has 3 N–H and O–H groups in total. The number of hydrogen-bond donors (Lipinski definition) is 2. The molecule has 0 unspecified atom stereocenters. The second kappa shape index (κ2) is 6.31. The number of nitrogens with zero attached hydrogens (tertiary/aromatic N) is 5. The molecule has 0 fully saturated rings. The van der Waals surface area contributed by atoms with Crippen molar-refractivity contribution in [2.24, 2.45) is 0 Å². The fraction of sp³-hybridized carbons (Fsp3) is 0.211. The van der Waals surface area contributed by atoms with Crippen LogP contribution in [0.15, 0.2) is 37.5 Å². The van der Waals surface area contributed by atoms with Crippen molar-refractivity contribution in [1.29, 1.82) is 0 Å². The van der Waals surface area contributed by atoms with E-state index in [0.717, 1.165) is 33.4 Å². The third-order valence-corrected chi connectivity index (χ3v) is 4.66. The van der Waals surface area contributed by atoms with Gasteiger partial charge in [-0.05, 0) is 25.5 Å². The van der Waals surface area contributed by atoms with Gasteiger partial charge >= 0.3 is 0 Å². The molecule has 3 aromatic rings. The van der Waals surface area contributed by atoms with Crippen molar-refractivity contribution in [3.05, 3.63) is 49.0 Å². The maximum atomic E-state index is 11.7. The minimum Gasteiger partial charge on any atom is -0.383 e. The van der Waals surface area contributed by atoms with Crippen molar-refractivity contribution in [3.8, 4) is 11.1 Å². The van der Waals surface area contributed by atoms with Gasteiger partial charge in [0.15, 0.2) is 0 Å². The first kappa shape index (κ1) is 16.9. The molecule has 0 aliphatic carbocycles. The SMILES string of the molecule is C=CC(=O)N[C@H]1C=C(C)c2c(-c3cnc(C)nc3)c3c(N)ncnc3n2C1. The van der Waals surface area contributed by atoms with Crippen LogP contribution < -0.4 is 11.1 Å². The van der Waals surface area contributed by atoms with Gasteiger partial charge in [0, 0.05) is 30.1 Å². The molecule has 0 aromatic carbocycles. The molecule has 1 aliphatic heterocycles. The molecule has 1 aliphatic rings. The van der Waals surface area contributed by atoms with Gasteiger partial charge < -0.3 is 15.6 Å². The third-order valence-electron chi connectivity index (χ3n) is 4.66. The Hall–Kier alpha value is -3.55. The Morgan fingerprint density at radius 2 is 2.04 bits per heavy atom. The first-order valence-corrected chi connectivity index (χ1v) is 8.53. The molecule has 0 spiro atoms. The Bertz CT molecular complexity index is 1100. The van der Waals surface area contributed by atoms with Crippen LogP contribution in [0.5, 0.6) is 0 Å². The van der Waals surface area contributed by atoms with Crippen LogP contribution in [-0.4, -0.2) is 36.5 Å². The van der Waals surface area contributed by atoms with Gasteiger partial charge in [0.25, 0.3) is 0 Å². The number of rotatable bonds is 3. The first-order chi connectivity index (χ1) is 13.0. The van der Waals surface area contributed by atoms with Crippen LogP contribution >= 0.6 is 0 Å². The molecule has 3 aromatic heterocycles. The molecule has 4 heterocycles. The number of hydrogen-bond acceptors (Lipinski definition) is 6. The molecule has 8 heteroatoms. The molecule has 27 heavy (non-hydrogen) atoms. The normalized spacial score (nSPS) is 15.9. The van der Waals surface area contributed by atoms with E-state index < -0.39 is 0 Å². The minimum absolute atomic E-state index is 0.170. The lowest BCUT2D eigenvalue weighted by Gasteiger charge is -2.24. The van der Waals surface area contributed by atoms with Gasteiger partial charge in [0.1, 0.15) is 23.6 Å². The summed E-state index contributed by atoms with van der Waals surface area (Å²) in [4.78, 5) is 29.0. The number of carbonyl (C=O) groups excluding carboxylic acids is 1. The van der Waals surface area contributed by atoms with Crippen LogP contribution in [0.2, 0.25) is 0 Å². The van der Waals surface area contributed by atoms with Gasteiger partial charge in [-0.15, -0.1) is 0 Å². The summed E-state index contributed by atoms with van der Waals surface area (Å²) in [7, 11) is 0. The summed E-state index contributed by atoms with van der Waals surface area (Å²) in [6.07, 6.45) is 8.30. The zero-order valence-electron chi connectivity index (χ0n) is 15.1. The molecule has 0 saturated carbocycles. The van der Waals surface area contributed by atoms with Crippen molar-refractivity contribution < 1.29 is 4.79 Å². The lowest BCUT2D eigenvalue weighted by atomic mass is 9.98. The Morgan fingerprint density at radius 1 is 1.30 bits per heavy atom. The fourth-order valence-electron chi connectivity index (χ4n) is 3.54. The van der Waals surface area contributed by atoms with Crippen LogP contribution in [0, 0.1) is 6.92 Å². The molecule has 1 amide bonds. The van der Waals surface area contributed by atoms with Crippen molar-refractivity contribution in [1.82, 2.24) is 29.8 Å². The highest BCUT2D eigenvalue weighted by atomic mass is 16.1. The fourth-order valence-corrected chi connectivity index (χ4v) is 3.54. The molecule has 0 saturated heterocycles. The Labute approximate surface area is 155 Å². The van der Waals surface area contributed by atoms with E-state index in [-0.39, 0.29) is 11.9 Å². The second-order valence-corrected chi connectivity index (χ2v) is 6.48. The average Bonchev–Trinajstić information content (AvgIpc) is 2.99. The number of aromatic nitrogens is 5. The van der Waals surface area contributed by atoms with Gasteiger partial charge in [-0.1, -0.05) is 12.7 Å². The predicted octanol–water partition coefficient (Wildman–Crippen LogP) is 1.87. The topological polar surface area (TPSA) is 112 Å². The van der Waals surface area contributed by atoms with Crippen molar-refractivity contribution in [2.75, 3.05) is 5.73 Å². The lowest BCUT2D eigenvalue weighted by molar-refractivity contribution is -0.116. The molecular formula is C19H19N7O. The Balaban J connectivity index is 1.96. The summed E-state index contributed by atoms with van der Waals surface area (Å²) in [5, 5.41) is 3.69. The monoisotopic (exact) mass is 361 g/mol. The van der Waals surface area contributed by atoms with Gasteiger partial charge in [-0.3, -0.25) is 4.79 Å². The van der Waals surface area contributed by atoms with Crippen LogP contribution in [0.4, 0.5) is 5.82 Å². The van der Waals surface area contributed by atoms with E-state index in [1.807, 2.05) is 19.9 Å². The average molecular weight is 361 g/mol. The smallest absolute Gasteiger partial charge is 0.243 e. The summed E-state index contributed by atoms with van der Waals surface area (Å²) < 4.78 is 2.06. The number of nitrogen functional groups attached to an aromatic ring is 1. The van der Waals surface area contributed by atoms with Crippen LogP contribution in [0.25, 0.3) is 27.7 Å². The number of nitrogens with two attached hydrogens (primary N) is 1. The van der Waals surface area contributed by atoms with Crippen molar-refractivity contribution in [2.45, 2.75) is 26.4 Å². The number of anilines is 1. The Morgan fingerprint density at radius 3 is 2.74 bits per heavy atom. The third kappa shape index (κ3) is 2.75. The van der Waals surface area contributed by atoms with Crippen LogP contribution in [-0.2, 0) is 11.3 Å². The van der Waals surface area contributed by atoms with E-state index in [9.17, 15) is 4.79 Å². The molecule has 136 valence electrons. The Kier molecular flexibility index (Phi) is 3.95. The van der Waals surface area contributed by atoms with Crippen molar-refractivity contribution >= 4 is 28.3 Å². The van der Waals surface area contributed by atoms with Gasteiger partial charge in [-0.2, -0.15) is 0 Å². The quantitative estimate of drug-likeness (QED) is 0.689. The highest BCUT2D eigenvalue weighted by molar-refractivity contribution is 6.06. The predicted molar refractivity (Wildman–Crippen MR) is 103 cm³/mol. The summed E-state index contributed by atoms with van der Waals surface area (Å²) in [6.45, 7) is 7.88. The highest BCUT2D eigenvalue weighted by Crippen LogP contribution is 2.41. The van der Waals surface area contributed by atoms with E-state index in [1.165, 1.54) is 12.4 Å². The maximum Gasteiger partial charge on any atom is 0.243 e. The lowest BCUT2D eigenvalue weighted by Crippen LogP contribution is -2.37. The molecule has 8 nitrogen and oxygen atoms in total. The molecule has 0 radical (unpaired) electrons. The van der Waals surface area contributed by atoms with Gasteiger partial charge in [0.2, 0.25) is 5.91 Å². The molecule has 4 rings (SSSR count). The summed E-state index contributed by atoms with van der Waals surface area (Å²) in [5.74, 6) is 0.877. The number of fused-ring (bicyclic) bond motifs is 3. The van der Waals surface area contributed by atoms with Gasteiger partial charge in [0.05, 0.1) is 17.1 Å². The highest BCUT2D eigenvalue weighted by Gasteiger charge is 2.28. The number of carbonyl (C=O) groups is 1. The van der Waals surface area contributed by atoms with E-state index in [2.05, 4.69) is 36.4 Å². The van der Waals surface area contributed by atoms with Crippen LogP contribution in [0.1, 0.15) is 18.4 Å². The first-order valence-electron chi connectivity index (χ1n) is 8.53. The number of nitrogens with one attached hydrogen (secondary N) is 1. The second-order valence-electron chi connectivity index (χ2n) is 6.48. The molecule has 0 bridgehead atoms. The minimum atomic E-state index is -0.217. The number of amides is 1.